The van der Waals surface area contributed by atoms with Gasteiger partial charge in [-0.05, 0) is 52.8 Å². The van der Waals surface area contributed by atoms with Crippen LogP contribution in [0.3, 0.4) is 0 Å². The monoisotopic (exact) mass is 377 g/mol. The summed E-state index contributed by atoms with van der Waals surface area (Å²) in [6.07, 6.45) is 2.77. The van der Waals surface area contributed by atoms with Gasteiger partial charge in [0.2, 0.25) is 0 Å². The third-order valence-electron chi connectivity index (χ3n) is 6.67. The van der Waals surface area contributed by atoms with Gasteiger partial charge < -0.3 is 15.2 Å². The van der Waals surface area contributed by atoms with Crippen molar-refractivity contribution in [2.75, 3.05) is 6.61 Å². The molecule has 0 bridgehead atoms. The van der Waals surface area contributed by atoms with E-state index in [-0.39, 0.29) is 30.9 Å². The van der Waals surface area contributed by atoms with Crippen molar-refractivity contribution in [1.29, 1.82) is 0 Å². The Labute approximate surface area is 163 Å². The first-order valence-electron chi connectivity index (χ1n) is 9.91. The minimum absolute atomic E-state index is 0.00627. The average molecular weight is 377 g/mol. The van der Waals surface area contributed by atoms with Crippen molar-refractivity contribution in [3.8, 4) is 11.1 Å². The topological polar surface area (TPSA) is 75.6 Å². The zero-order chi connectivity index (χ0) is 19.3. The van der Waals surface area contributed by atoms with E-state index in [1.54, 1.807) is 0 Å². The highest BCUT2D eigenvalue weighted by Gasteiger charge is 2.65. The van der Waals surface area contributed by atoms with Crippen LogP contribution in [0, 0.1) is 11.3 Å². The standard InChI is InChI=1S/C23H23NO4/c25-21(26)11-20(19-12-23(19)9-10-23)24-22(27)28-13-18-16-7-3-1-5-14(16)15-6-2-4-8-17(15)18/h1-8,18-20H,9-13H2,(H,24,27)(H,25,26). The van der Waals surface area contributed by atoms with Gasteiger partial charge in [-0.3, -0.25) is 4.79 Å². The number of carbonyl (C=O) groups is 2. The van der Waals surface area contributed by atoms with Crippen LogP contribution in [-0.4, -0.2) is 29.8 Å². The molecule has 2 unspecified atom stereocenters. The number of carboxylic acids is 1. The highest BCUT2D eigenvalue weighted by Crippen LogP contribution is 2.71. The first kappa shape index (κ1) is 17.3. The van der Waals surface area contributed by atoms with Gasteiger partial charge in [-0.2, -0.15) is 0 Å². The minimum atomic E-state index is -0.883. The fourth-order valence-corrected chi connectivity index (χ4v) is 4.96. The maximum Gasteiger partial charge on any atom is 0.407 e. The van der Waals surface area contributed by atoms with Crippen LogP contribution in [0.1, 0.15) is 42.7 Å². The summed E-state index contributed by atoms with van der Waals surface area (Å²) in [5.41, 5.74) is 5.01. The van der Waals surface area contributed by atoms with Crippen molar-refractivity contribution in [3.63, 3.8) is 0 Å². The summed E-state index contributed by atoms with van der Waals surface area (Å²) in [7, 11) is 0. The molecule has 0 aromatic heterocycles. The smallest absolute Gasteiger partial charge is 0.407 e. The Morgan fingerprint density at radius 2 is 1.68 bits per heavy atom. The molecule has 0 heterocycles. The summed E-state index contributed by atoms with van der Waals surface area (Å²) in [5, 5.41) is 12.0. The van der Waals surface area contributed by atoms with Crippen molar-refractivity contribution in [3.05, 3.63) is 59.7 Å². The predicted octanol–water partition coefficient (Wildman–Crippen LogP) is 4.17. The zero-order valence-corrected chi connectivity index (χ0v) is 15.6. The number of hydrogen-bond donors (Lipinski definition) is 2. The second-order valence-electron chi connectivity index (χ2n) is 8.35. The second kappa shape index (κ2) is 6.36. The summed E-state index contributed by atoms with van der Waals surface area (Å²) in [5.74, 6) is -0.595. The normalized spacial score (nSPS) is 21.5. The van der Waals surface area contributed by atoms with E-state index in [2.05, 4.69) is 29.6 Å². The molecule has 28 heavy (non-hydrogen) atoms. The molecule has 144 valence electrons. The van der Waals surface area contributed by atoms with Gasteiger partial charge in [0.25, 0.3) is 0 Å². The molecule has 0 radical (unpaired) electrons. The lowest BCUT2D eigenvalue weighted by Crippen LogP contribution is -2.39. The Bertz CT molecular complexity index is 904. The molecule has 5 nitrogen and oxygen atoms in total. The van der Waals surface area contributed by atoms with E-state index < -0.39 is 12.1 Å². The molecule has 0 aliphatic heterocycles. The lowest BCUT2D eigenvalue weighted by Gasteiger charge is -2.19. The molecule has 2 aromatic rings. The first-order valence-corrected chi connectivity index (χ1v) is 9.91. The zero-order valence-electron chi connectivity index (χ0n) is 15.6. The highest BCUT2D eigenvalue weighted by atomic mass is 16.5. The fraction of sp³-hybridized carbons (Fsp3) is 0.391. The molecule has 1 spiro atoms. The maximum absolute atomic E-state index is 12.5. The number of ether oxygens (including phenoxy) is 1. The number of aliphatic carboxylic acids is 1. The SMILES string of the molecule is O=C(O)CC(NC(=O)OCC1c2ccccc2-c2ccccc21)C1CC12CC2. The average Bonchev–Trinajstić information content (AvgIpc) is 3.59. The minimum Gasteiger partial charge on any atom is -0.481 e. The van der Waals surface area contributed by atoms with Crippen LogP contribution in [-0.2, 0) is 9.53 Å². The van der Waals surface area contributed by atoms with E-state index in [1.165, 1.54) is 11.1 Å². The van der Waals surface area contributed by atoms with Crippen LogP contribution in [0.25, 0.3) is 11.1 Å². The lowest BCUT2D eigenvalue weighted by molar-refractivity contribution is -0.137. The Balaban J connectivity index is 1.27. The second-order valence-corrected chi connectivity index (χ2v) is 8.35. The summed E-state index contributed by atoms with van der Waals surface area (Å²) in [4.78, 5) is 23.7. The van der Waals surface area contributed by atoms with E-state index in [9.17, 15) is 14.7 Å². The summed E-state index contributed by atoms with van der Waals surface area (Å²) < 4.78 is 5.58. The molecule has 2 fully saturated rings. The van der Waals surface area contributed by atoms with Gasteiger partial charge in [0.05, 0.1) is 6.42 Å². The molecule has 5 rings (SSSR count). The van der Waals surface area contributed by atoms with E-state index in [0.717, 1.165) is 30.4 Å². The number of alkyl carbamates (subject to hydrolysis) is 1. The number of amides is 1. The number of carbonyl (C=O) groups excluding carboxylic acids is 1. The Morgan fingerprint density at radius 1 is 1.07 bits per heavy atom. The molecule has 3 aliphatic rings. The highest BCUT2D eigenvalue weighted by molar-refractivity contribution is 5.79. The molecule has 2 N–H and O–H groups in total. The van der Waals surface area contributed by atoms with E-state index in [1.807, 2.05) is 24.3 Å². The van der Waals surface area contributed by atoms with E-state index in [0.29, 0.717) is 5.41 Å². The number of carboxylic acid groups (broad SMARTS) is 1. The quantitative estimate of drug-likeness (QED) is 0.792. The van der Waals surface area contributed by atoms with Crippen molar-refractivity contribution < 1.29 is 19.4 Å². The Hall–Kier alpha value is -2.82. The molecule has 2 aromatic carbocycles. The van der Waals surface area contributed by atoms with Gasteiger partial charge in [0, 0.05) is 12.0 Å². The summed E-state index contributed by atoms with van der Waals surface area (Å²) in [6, 6.07) is 16.1. The van der Waals surface area contributed by atoms with Crippen molar-refractivity contribution in [2.45, 2.75) is 37.6 Å². The van der Waals surface area contributed by atoms with E-state index in [4.69, 9.17) is 4.74 Å². The number of nitrogens with one attached hydrogen (secondary N) is 1. The third kappa shape index (κ3) is 2.95. The molecular formula is C23H23NO4. The number of hydrogen-bond acceptors (Lipinski definition) is 3. The van der Waals surface area contributed by atoms with Gasteiger partial charge in [0.1, 0.15) is 6.61 Å². The van der Waals surface area contributed by atoms with Gasteiger partial charge in [-0.15, -0.1) is 0 Å². The Kier molecular flexibility index (Phi) is 3.93. The fourth-order valence-electron chi connectivity index (χ4n) is 4.96. The van der Waals surface area contributed by atoms with Crippen LogP contribution in [0.5, 0.6) is 0 Å². The summed E-state index contributed by atoms with van der Waals surface area (Å²) in [6.45, 7) is 0.245. The molecule has 0 saturated heterocycles. The largest absolute Gasteiger partial charge is 0.481 e. The number of benzene rings is 2. The van der Waals surface area contributed by atoms with Crippen LogP contribution < -0.4 is 5.32 Å². The lowest BCUT2D eigenvalue weighted by atomic mass is 9.98. The first-order chi connectivity index (χ1) is 13.6. The third-order valence-corrected chi connectivity index (χ3v) is 6.67. The van der Waals surface area contributed by atoms with Crippen LogP contribution in [0.2, 0.25) is 0 Å². The molecule has 5 heteroatoms. The van der Waals surface area contributed by atoms with Gasteiger partial charge >= 0.3 is 12.1 Å². The molecule has 3 aliphatic carbocycles. The number of rotatable bonds is 6. The molecule has 2 saturated carbocycles. The number of fused-ring (bicyclic) bond motifs is 3. The van der Waals surface area contributed by atoms with E-state index >= 15 is 0 Å². The van der Waals surface area contributed by atoms with Gasteiger partial charge in [0.15, 0.2) is 0 Å². The molecular weight excluding hydrogens is 354 g/mol. The predicted molar refractivity (Wildman–Crippen MR) is 104 cm³/mol. The van der Waals surface area contributed by atoms with Crippen LogP contribution in [0.4, 0.5) is 4.79 Å². The van der Waals surface area contributed by atoms with Gasteiger partial charge in [-0.1, -0.05) is 48.5 Å². The maximum atomic E-state index is 12.5. The molecule has 1 amide bonds. The van der Waals surface area contributed by atoms with Crippen LogP contribution in [0.15, 0.2) is 48.5 Å². The van der Waals surface area contributed by atoms with Crippen molar-refractivity contribution >= 4 is 12.1 Å². The van der Waals surface area contributed by atoms with Gasteiger partial charge in [-0.25, -0.2) is 4.79 Å². The van der Waals surface area contributed by atoms with Crippen LogP contribution >= 0.6 is 0 Å². The van der Waals surface area contributed by atoms with Crippen molar-refractivity contribution in [1.82, 2.24) is 5.32 Å². The summed E-state index contributed by atoms with van der Waals surface area (Å²) >= 11 is 0. The Morgan fingerprint density at radius 3 is 2.21 bits per heavy atom. The van der Waals surface area contributed by atoms with Crippen molar-refractivity contribution in [2.24, 2.45) is 11.3 Å². The molecule has 2 atom stereocenters.